The van der Waals surface area contributed by atoms with Gasteiger partial charge in [0.1, 0.15) is 0 Å². The van der Waals surface area contributed by atoms with Gasteiger partial charge < -0.3 is 5.32 Å². The molecule has 1 saturated heterocycles. The van der Waals surface area contributed by atoms with Gasteiger partial charge >= 0.3 is 0 Å². The maximum absolute atomic E-state index is 3.63. The first-order valence-corrected chi connectivity index (χ1v) is 7.82. The molecule has 0 aromatic heterocycles. The maximum Gasteiger partial charge on any atom is 0.0192 e. The van der Waals surface area contributed by atoms with E-state index in [-0.39, 0.29) is 0 Å². The van der Waals surface area contributed by atoms with E-state index in [9.17, 15) is 0 Å². The third kappa shape index (κ3) is 3.45. The molecule has 0 aromatic carbocycles. The Balaban J connectivity index is 1.89. The summed E-state index contributed by atoms with van der Waals surface area (Å²) in [6.07, 6.45) is 10.1. The van der Waals surface area contributed by atoms with E-state index in [1.807, 2.05) is 0 Å². The van der Waals surface area contributed by atoms with Gasteiger partial charge in [-0.25, -0.2) is 0 Å². The zero-order valence-corrected chi connectivity index (χ0v) is 11.8. The molecule has 1 N–H and O–H groups in total. The molecular formula is C15H30N2. The van der Waals surface area contributed by atoms with Gasteiger partial charge in [-0.1, -0.05) is 26.7 Å². The summed E-state index contributed by atoms with van der Waals surface area (Å²) in [4.78, 5) is 2.81. The number of fused-ring (bicyclic) bond motifs is 1. The highest BCUT2D eigenvalue weighted by molar-refractivity contribution is 4.88. The lowest BCUT2D eigenvalue weighted by molar-refractivity contribution is 0.0527. The minimum absolute atomic E-state index is 0.709. The quantitative estimate of drug-likeness (QED) is 0.792. The Labute approximate surface area is 107 Å². The lowest BCUT2D eigenvalue weighted by Gasteiger charge is -2.45. The van der Waals surface area contributed by atoms with Gasteiger partial charge in [0, 0.05) is 18.6 Å². The molecule has 0 amide bonds. The van der Waals surface area contributed by atoms with Crippen molar-refractivity contribution in [3.05, 3.63) is 0 Å². The highest BCUT2D eigenvalue weighted by Crippen LogP contribution is 2.35. The van der Waals surface area contributed by atoms with Crippen LogP contribution in [0.25, 0.3) is 0 Å². The van der Waals surface area contributed by atoms with Crippen LogP contribution in [0, 0.1) is 5.92 Å². The van der Waals surface area contributed by atoms with Crippen LogP contribution in [-0.2, 0) is 0 Å². The average Bonchev–Trinajstić information content (AvgIpc) is 2.38. The summed E-state index contributed by atoms with van der Waals surface area (Å²) in [5.41, 5.74) is 0. The first-order chi connectivity index (χ1) is 8.35. The van der Waals surface area contributed by atoms with Crippen LogP contribution in [0.15, 0.2) is 0 Å². The summed E-state index contributed by atoms with van der Waals surface area (Å²) in [5, 5.41) is 3.63. The molecule has 0 spiro atoms. The molecule has 17 heavy (non-hydrogen) atoms. The van der Waals surface area contributed by atoms with Crippen LogP contribution in [0.2, 0.25) is 0 Å². The highest BCUT2D eigenvalue weighted by Gasteiger charge is 2.33. The zero-order valence-electron chi connectivity index (χ0n) is 11.8. The number of piperidine rings is 1. The number of hydrogen-bond donors (Lipinski definition) is 1. The second-order valence-corrected chi connectivity index (χ2v) is 5.91. The van der Waals surface area contributed by atoms with Crippen LogP contribution >= 0.6 is 0 Å². The Bertz CT molecular complexity index is 215. The van der Waals surface area contributed by atoms with Crippen LogP contribution in [0.4, 0.5) is 0 Å². The lowest BCUT2D eigenvalue weighted by Crippen LogP contribution is -2.51. The van der Waals surface area contributed by atoms with Crippen molar-refractivity contribution in [2.75, 3.05) is 19.6 Å². The fourth-order valence-electron chi connectivity index (χ4n) is 3.86. The highest BCUT2D eigenvalue weighted by atomic mass is 15.2. The third-order valence-corrected chi connectivity index (χ3v) is 4.80. The van der Waals surface area contributed by atoms with Gasteiger partial charge in [-0.05, 0) is 51.1 Å². The topological polar surface area (TPSA) is 15.3 Å². The van der Waals surface area contributed by atoms with Crippen molar-refractivity contribution in [2.24, 2.45) is 5.92 Å². The SMILES string of the molecule is CCNC(CC)CN1CCCC2CCCCC21. The normalized spacial score (nSPS) is 32.1. The lowest BCUT2D eigenvalue weighted by atomic mass is 9.78. The summed E-state index contributed by atoms with van der Waals surface area (Å²) in [6, 6.07) is 1.63. The molecule has 0 radical (unpaired) electrons. The van der Waals surface area contributed by atoms with Crippen molar-refractivity contribution in [3.63, 3.8) is 0 Å². The molecule has 0 aromatic rings. The van der Waals surface area contributed by atoms with Gasteiger partial charge in [-0.3, -0.25) is 4.90 Å². The van der Waals surface area contributed by atoms with Crippen LogP contribution < -0.4 is 5.32 Å². The molecule has 2 fully saturated rings. The van der Waals surface area contributed by atoms with E-state index in [2.05, 4.69) is 24.1 Å². The molecule has 0 bridgehead atoms. The summed E-state index contributed by atoms with van der Waals surface area (Å²) >= 11 is 0. The fourth-order valence-corrected chi connectivity index (χ4v) is 3.86. The largest absolute Gasteiger partial charge is 0.313 e. The van der Waals surface area contributed by atoms with E-state index < -0.39 is 0 Å². The van der Waals surface area contributed by atoms with E-state index in [0.717, 1.165) is 18.5 Å². The van der Waals surface area contributed by atoms with E-state index in [0.29, 0.717) is 6.04 Å². The zero-order chi connectivity index (χ0) is 12.1. The van der Waals surface area contributed by atoms with Crippen LogP contribution in [0.5, 0.6) is 0 Å². The number of likely N-dealkylation sites (tertiary alicyclic amines) is 1. The van der Waals surface area contributed by atoms with E-state index in [1.54, 1.807) is 0 Å². The first-order valence-electron chi connectivity index (χ1n) is 7.82. The van der Waals surface area contributed by atoms with Gasteiger partial charge in [0.05, 0.1) is 0 Å². The molecule has 2 heteroatoms. The summed E-state index contributed by atoms with van der Waals surface area (Å²) in [5.74, 6) is 1.02. The van der Waals surface area contributed by atoms with Crippen LogP contribution in [-0.4, -0.2) is 36.6 Å². The van der Waals surface area contributed by atoms with Crippen molar-refractivity contribution < 1.29 is 0 Å². The Hall–Kier alpha value is -0.0800. The van der Waals surface area contributed by atoms with E-state index in [1.165, 1.54) is 58.0 Å². The Kier molecular flexibility index (Phi) is 5.30. The minimum Gasteiger partial charge on any atom is -0.313 e. The number of nitrogens with zero attached hydrogens (tertiary/aromatic N) is 1. The molecule has 3 unspecified atom stereocenters. The molecule has 2 nitrogen and oxygen atoms in total. The summed E-state index contributed by atoms with van der Waals surface area (Å²) < 4.78 is 0. The van der Waals surface area contributed by atoms with Crippen molar-refractivity contribution >= 4 is 0 Å². The standard InChI is InChI=1S/C15H30N2/c1-3-14(16-4-2)12-17-11-7-9-13-8-5-6-10-15(13)17/h13-16H,3-12H2,1-2H3. The van der Waals surface area contributed by atoms with Crippen molar-refractivity contribution in [3.8, 4) is 0 Å². The fraction of sp³-hybridized carbons (Fsp3) is 1.00. The monoisotopic (exact) mass is 238 g/mol. The van der Waals surface area contributed by atoms with E-state index in [4.69, 9.17) is 0 Å². The molecule has 1 aliphatic carbocycles. The molecular weight excluding hydrogens is 208 g/mol. The number of likely N-dealkylation sites (N-methyl/N-ethyl adjacent to an activating group) is 1. The van der Waals surface area contributed by atoms with Gasteiger partial charge in [0.15, 0.2) is 0 Å². The summed E-state index contributed by atoms with van der Waals surface area (Å²) in [7, 11) is 0. The molecule has 2 aliphatic rings. The molecule has 1 aliphatic heterocycles. The molecule has 1 saturated carbocycles. The van der Waals surface area contributed by atoms with Crippen LogP contribution in [0.1, 0.15) is 58.8 Å². The molecule has 3 atom stereocenters. The molecule has 1 heterocycles. The van der Waals surface area contributed by atoms with Crippen molar-refractivity contribution in [1.29, 1.82) is 0 Å². The summed E-state index contributed by atoms with van der Waals surface area (Å²) in [6.45, 7) is 8.28. The first kappa shape index (κ1) is 13.4. The predicted molar refractivity (Wildman–Crippen MR) is 74.3 cm³/mol. The number of rotatable bonds is 5. The van der Waals surface area contributed by atoms with Gasteiger partial charge in [-0.2, -0.15) is 0 Å². The smallest absolute Gasteiger partial charge is 0.0192 e. The number of hydrogen-bond acceptors (Lipinski definition) is 2. The number of nitrogens with one attached hydrogen (secondary N) is 1. The van der Waals surface area contributed by atoms with Gasteiger partial charge in [0.2, 0.25) is 0 Å². The maximum atomic E-state index is 3.63. The van der Waals surface area contributed by atoms with E-state index >= 15 is 0 Å². The van der Waals surface area contributed by atoms with Gasteiger partial charge in [0.25, 0.3) is 0 Å². The van der Waals surface area contributed by atoms with Crippen molar-refractivity contribution in [1.82, 2.24) is 10.2 Å². The second kappa shape index (κ2) is 6.75. The minimum atomic E-state index is 0.709. The average molecular weight is 238 g/mol. The second-order valence-electron chi connectivity index (χ2n) is 5.91. The third-order valence-electron chi connectivity index (χ3n) is 4.80. The van der Waals surface area contributed by atoms with Crippen LogP contribution in [0.3, 0.4) is 0 Å². The van der Waals surface area contributed by atoms with Gasteiger partial charge in [-0.15, -0.1) is 0 Å². The predicted octanol–water partition coefficient (Wildman–Crippen LogP) is 3.03. The Morgan fingerprint density at radius 3 is 2.65 bits per heavy atom. The Morgan fingerprint density at radius 2 is 1.88 bits per heavy atom. The van der Waals surface area contributed by atoms with Crippen molar-refractivity contribution in [2.45, 2.75) is 70.9 Å². The Morgan fingerprint density at radius 1 is 1.12 bits per heavy atom. The molecule has 100 valence electrons. The molecule has 2 rings (SSSR count).